The largest absolute Gasteiger partial charge is 0.466 e. The van der Waals surface area contributed by atoms with Crippen LogP contribution in [0.2, 0.25) is 5.15 Å². The number of esters is 2. The molecule has 0 saturated carbocycles. The standard InChI is InChI=1S/C23H21ClN2O5/c1-29-21(27)18-16-10-11-23(31-16,19(18)22(28)30-2)17(26-15-8-4-3-5-9-15)13-14-7-6-12-25-20(14)24/h3-12,16-17,26H,13H2,1-2H3. The fraction of sp³-hybridized carbons (Fsp3) is 0.261. The molecule has 0 aliphatic carbocycles. The smallest absolute Gasteiger partial charge is 0.337 e. The zero-order valence-corrected chi connectivity index (χ0v) is 17.8. The van der Waals surface area contributed by atoms with E-state index in [2.05, 4.69) is 10.3 Å². The van der Waals surface area contributed by atoms with Crippen LogP contribution >= 0.6 is 11.6 Å². The van der Waals surface area contributed by atoms with Gasteiger partial charge in [0.25, 0.3) is 0 Å². The van der Waals surface area contributed by atoms with Gasteiger partial charge in [0, 0.05) is 11.9 Å². The molecule has 0 fully saturated rings. The maximum atomic E-state index is 12.8. The highest BCUT2D eigenvalue weighted by Crippen LogP contribution is 2.47. The molecular weight excluding hydrogens is 420 g/mol. The van der Waals surface area contributed by atoms with Gasteiger partial charge in [0.1, 0.15) is 16.9 Å². The van der Waals surface area contributed by atoms with Gasteiger partial charge in [-0.05, 0) is 36.3 Å². The fourth-order valence-electron chi connectivity index (χ4n) is 4.08. The van der Waals surface area contributed by atoms with Gasteiger partial charge in [0.15, 0.2) is 0 Å². The zero-order chi connectivity index (χ0) is 22.0. The second-order valence-electron chi connectivity index (χ2n) is 7.18. The van der Waals surface area contributed by atoms with Gasteiger partial charge in [-0.3, -0.25) is 0 Å². The number of methoxy groups -OCH3 is 2. The van der Waals surface area contributed by atoms with Crippen LogP contribution in [-0.2, 0) is 30.2 Å². The van der Waals surface area contributed by atoms with E-state index in [4.69, 9.17) is 25.8 Å². The molecular formula is C23H21ClN2O5. The first-order valence-electron chi connectivity index (χ1n) is 9.69. The number of pyridine rings is 1. The maximum absolute atomic E-state index is 12.8. The first-order valence-corrected chi connectivity index (χ1v) is 10.1. The van der Waals surface area contributed by atoms with Crippen LogP contribution in [0.4, 0.5) is 5.69 Å². The average Bonchev–Trinajstić information content (AvgIpc) is 3.38. The molecule has 2 aromatic rings. The highest BCUT2D eigenvalue weighted by atomic mass is 35.5. The predicted molar refractivity (Wildman–Crippen MR) is 115 cm³/mol. The quantitative estimate of drug-likeness (QED) is 0.402. The van der Waals surface area contributed by atoms with E-state index in [1.807, 2.05) is 36.4 Å². The Hall–Kier alpha value is -3.16. The summed E-state index contributed by atoms with van der Waals surface area (Å²) in [5, 5.41) is 3.80. The van der Waals surface area contributed by atoms with E-state index in [0.717, 1.165) is 11.3 Å². The number of hydrogen-bond donors (Lipinski definition) is 1. The number of carbonyl (C=O) groups is 2. The van der Waals surface area contributed by atoms with Crippen molar-refractivity contribution < 1.29 is 23.8 Å². The van der Waals surface area contributed by atoms with Crippen LogP contribution in [0.15, 0.2) is 72.0 Å². The molecule has 31 heavy (non-hydrogen) atoms. The van der Waals surface area contributed by atoms with Crippen LogP contribution in [0.1, 0.15) is 5.56 Å². The minimum Gasteiger partial charge on any atom is -0.466 e. The van der Waals surface area contributed by atoms with E-state index in [0.29, 0.717) is 11.6 Å². The van der Waals surface area contributed by atoms with E-state index >= 15 is 0 Å². The van der Waals surface area contributed by atoms with Gasteiger partial charge in [-0.2, -0.15) is 0 Å². The molecule has 3 atom stereocenters. The van der Waals surface area contributed by atoms with Gasteiger partial charge in [0.05, 0.1) is 31.4 Å². The van der Waals surface area contributed by atoms with Crippen molar-refractivity contribution in [2.75, 3.05) is 19.5 Å². The van der Waals surface area contributed by atoms with Gasteiger partial charge in [-0.15, -0.1) is 0 Å². The Labute approximate surface area is 184 Å². The summed E-state index contributed by atoms with van der Waals surface area (Å²) in [4.78, 5) is 29.5. The van der Waals surface area contributed by atoms with Crippen LogP contribution in [0.5, 0.6) is 0 Å². The lowest BCUT2D eigenvalue weighted by Crippen LogP contribution is -2.49. The van der Waals surface area contributed by atoms with Gasteiger partial charge in [-0.1, -0.05) is 41.9 Å². The number of fused-ring (bicyclic) bond motifs is 2. The van der Waals surface area contributed by atoms with E-state index in [-0.39, 0.29) is 11.1 Å². The Balaban J connectivity index is 1.83. The van der Waals surface area contributed by atoms with E-state index in [9.17, 15) is 9.59 Å². The van der Waals surface area contributed by atoms with Crippen molar-refractivity contribution in [2.45, 2.75) is 24.2 Å². The van der Waals surface area contributed by atoms with E-state index in [1.54, 1.807) is 24.4 Å². The Morgan fingerprint density at radius 2 is 1.90 bits per heavy atom. The van der Waals surface area contributed by atoms with Crippen molar-refractivity contribution in [3.63, 3.8) is 0 Å². The second-order valence-corrected chi connectivity index (χ2v) is 7.54. The van der Waals surface area contributed by atoms with Crippen LogP contribution < -0.4 is 5.32 Å². The monoisotopic (exact) mass is 440 g/mol. The summed E-state index contributed by atoms with van der Waals surface area (Å²) < 4.78 is 16.2. The number of aromatic nitrogens is 1. The molecule has 2 bridgehead atoms. The molecule has 7 nitrogen and oxygen atoms in total. The Kier molecular flexibility index (Phi) is 5.80. The highest BCUT2D eigenvalue weighted by molar-refractivity contribution is 6.30. The van der Waals surface area contributed by atoms with Crippen LogP contribution in [-0.4, -0.2) is 48.9 Å². The molecule has 1 aromatic heterocycles. The summed E-state index contributed by atoms with van der Waals surface area (Å²) >= 11 is 6.33. The number of nitrogens with one attached hydrogen (secondary N) is 1. The van der Waals surface area contributed by atoms with Crippen molar-refractivity contribution in [1.82, 2.24) is 4.98 Å². The predicted octanol–water partition coefficient (Wildman–Crippen LogP) is 3.11. The fourth-order valence-corrected chi connectivity index (χ4v) is 4.27. The average molecular weight is 441 g/mol. The van der Waals surface area contributed by atoms with Crippen molar-refractivity contribution in [2.24, 2.45) is 0 Å². The molecule has 0 radical (unpaired) electrons. The van der Waals surface area contributed by atoms with Crippen molar-refractivity contribution >= 4 is 29.2 Å². The topological polar surface area (TPSA) is 86.8 Å². The molecule has 4 rings (SSSR count). The van der Waals surface area contributed by atoms with Crippen molar-refractivity contribution in [3.05, 3.63) is 82.7 Å². The molecule has 1 aromatic carbocycles. The third kappa shape index (κ3) is 3.71. The first-order chi connectivity index (χ1) is 15.0. The molecule has 2 aliphatic heterocycles. The molecule has 8 heteroatoms. The molecule has 3 unspecified atom stereocenters. The normalized spacial score (nSPS) is 22.4. The molecule has 0 amide bonds. The summed E-state index contributed by atoms with van der Waals surface area (Å²) in [6.07, 6.45) is 4.82. The molecule has 2 aliphatic rings. The van der Waals surface area contributed by atoms with Crippen LogP contribution in [0.3, 0.4) is 0 Å². The molecule has 0 saturated heterocycles. The number of benzene rings is 1. The molecule has 160 valence electrons. The van der Waals surface area contributed by atoms with Crippen LogP contribution in [0, 0.1) is 0 Å². The highest BCUT2D eigenvalue weighted by Gasteiger charge is 2.58. The number of rotatable bonds is 7. The zero-order valence-electron chi connectivity index (χ0n) is 17.0. The Morgan fingerprint density at radius 3 is 2.58 bits per heavy atom. The van der Waals surface area contributed by atoms with Gasteiger partial charge >= 0.3 is 11.9 Å². The van der Waals surface area contributed by atoms with Crippen LogP contribution in [0.25, 0.3) is 0 Å². The lowest BCUT2D eigenvalue weighted by atomic mass is 9.79. The molecule has 0 spiro atoms. The van der Waals surface area contributed by atoms with E-state index in [1.165, 1.54) is 14.2 Å². The number of halogens is 1. The minimum atomic E-state index is -1.25. The lowest BCUT2D eigenvalue weighted by molar-refractivity contribution is -0.139. The maximum Gasteiger partial charge on any atom is 0.337 e. The second kappa shape index (κ2) is 8.53. The van der Waals surface area contributed by atoms with Gasteiger partial charge in [0.2, 0.25) is 0 Å². The van der Waals surface area contributed by atoms with Gasteiger partial charge < -0.3 is 19.5 Å². The summed E-state index contributed by atoms with van der Waals surface area (Å²) in [6.45, 7) is 0. The number of hydrogen-bond acceptors (Lipinski definition) is 7. The Bertz CT molecular complexity index is 1070. The number of anilines is 1. The van der Waals surface area contributed by atoms with Crippen molar-refractivity contribution in [1.29, 1.82) is 0 Å². The summed E-state index contributed by atoms with van der Waals surface area (Å²) in [6, 6.07) is 12.7. The van der Waals surface area contributed by atoms with Gasteiger partial charge in [-0.25, -0.2) is 14.6 Å². The first kappa shape index (κ1) is 21.1. The number of para-hydroxylation sites is 1. The molecule has 1 N–H and O–H groups in total. The summed E-state index contributed by atoms with van der Waals surface area (Å²) in [7, 11) is 2.53. The minimum absolute atomic E-state index is 0.128. The lowest BCUT2D eigenvalue weighted by Gasteiger charge is -2.36. The summed E-state index contributed by atoms with van der Waals surface area (Å²) in [5.41, 5.74) is 0.606. The summed E-state index contributed by atoms with van der Waals surface area (Å²) in [5.74, 6) is -1.28. The third-order valence-electron chi connectivity index (χ3n) is 5.47. The van der Waals surface area contributed by atoms with Crippen molar-refractivity contribution in [3.8, 4) is 0 Å². The molecule has 3 heterocycles. The number of nitrogens with zero attached hydrogens (tertiary/aromatic N) is 1. The number of carbonyl (C=O) groups excluding carboxylic acids is 2. The third-order valence-corrected chi connectivity index (χ3v) is 5.81. The Morgan fingerprint density at radius 1 is 1.16 bits per heavy atom. The number of ether oxygens (including phenoxy) is 3. The SMILES string of the molecule is COC(=O)C1=C(C(=O)OC)C2(C(Cc3cccnc3Cl)Nc3ccccc3)C=CC1O2. The van der Waals surface area contributed by atoms with E-state index < -0.39 is 29.7 Å².